The van der Waals surface area contributed by atoms with Crippen LogP contribution in [0.15, 0.2) is 12.3 Å². The van der Waals surface area contributed by atoms with Crippen molar-refractivity contribution in [1.82, 2.24) is 9.78 Å². The highest BCUT2D eigenvalue weighted by atomic mass is 32.1. The quantitative estimate of drug-likeness (QED) is 0.785. The molecule has 0 radical (unpaired) electrons. The molecule has 0 saturated heterocycles. The van der Waals surface area contributed by atoms with Gasteiger partial charge in [0.15, 0.2) is 11.4 Å². The van der Waals surface area contributed by atoms with E-state index in [2.05, 4.69) is 5.10 Å². The molecule has 90 valence electrons. The van der Waals surface area contributed by atoms with Gasteiger partial charge in [-0.15, -0.1) is 11.3 Å². The zero-order valence-electron chi connectivity index (χ0n) is 10.3. The second-order valence-electron chi connectivity index (χ2n) is 3.86. The minimum absolute atomic E-state index is 0.0388. The first kappa shape index (κ1) is 11.9. The van der Waals surface area contributed by atoms with E-state index in [1.807, 2.05) is 19.9 Å². The van der Waals surface area contributed by atoms with Crippen LogP contribution < -0.4 is 4.74 Å². The molecule has 0 amide bonds. The number of hydrogen-bond donors (Lipinski definition) is 0. The number of thiophene rings is 1. The van der Waals surface area contributed by atoms with Crippen molar-refractivity contribution >= 4 is 17.1 Å². The van der Waals surface area contributed by atoms with E-state index in [9.17, 15) is 4.79 Å². The second-order valence-corrected chi connectivity index (χ2v) is 5.12. The van der Waals surface area contributed by atoms with Crippen LogP contribution in [-0.2, 0) is 7.05 Å². The van der Waals surface area contributed by atoms with Gasteiger partial charge in [-0.25, -0.2) is 0 Å². The molecule has 17 heavy (non-hydrogen) atoms. The topological polar surface area (TPSA) is 44.1 Å². The van der Waals surface area contributed by atoms with Crippen LogP contribution in [0.3, 0.4) is 0 Å². The Morgan fingerprint density at radius 1 is 1.47 bits per heavy atom. The molecule has 0 unspecified atom stereocenters. The van der Waals surface area contributed by atoms with E-state index >= 15 is 0 Å². The fourth-order valence-corrected chi connectivity index (χ4v) is 2.60. The number of aromatic nitrogens is 2. The average molecular weight is 250 g/mol. The highest BCUT2D eigenvalue weighted by Gasteiger charge is 2.21. The molecule has 0 saturated carbocycles. The molecule has 0 aromatic carbocycles. The lowest BCUT2D eigenvalue weighted by Gasteiger charge is -2.02. The molecule has 4 nitrogen and oxygen atoms in total. The molecule has 2 heterocycles. The van der Waals surface area contributed by atoms with E-state index in [1.54, 1.807) is 25.0 Å². The number of aryl methyl sites for hydroxylation is 3. The van der Waals surface area contributed by atoms with Gasteiger partial charge in [0.25, 0.3) is 0 Å². The molecule has 0 atom stereocenters. The Morgan fingerprint density at radius 3 is 2.71 bits per heavy atom. The van der Waals surface area contributed by atoms with Crippen LogP contribution in [0, 0.1) is 13.8 Å². The number of nitrogens with zero attached hydrogens (tertiary/aromatic N) is 2. The lowest BCUT2D eigenvalue weighted by atomic mass is 10.2. The SMILES string of the molecule is COc1cnn(C)c1C(=O)c1cc(C)c(C)s1. The Morgan fingerprint density at radius 2 is 2.18 bits per heavy atom. The van der Waals surface area contributed by atoms with E-state index in [0.29, 0.717) is 11.4 Å². The van der Waals surface area contributed by atoms with Crippen LogP contribution in [0.5, 0.6) is 5.75 Å². The van der Waals surface area contributed by atoms with Gasteiger partial charge in [0, 0.05) is 11.9 Å². The van der Waals surface area contributed by atoms with Gasteiger partial charge in [0.05, 0.1) is 18.2 Å². The summed E-state index contributed by atoms with van der Waals surface area (Å²) in [5.41, 5.74) is 1.63. The predicted molar refractivity (Wildman–Crippen MR) is 67.0 cm³/mol. The van der Waals surface area contributed by atoms with Crippen molar-refractivity contribution in [1.29, 1.82) is 0 Å². The number of carbonyl (C=O) groups is 1. The average Bonchev–Trinajstić information content (AvgIpc) is 2.82. The van der Waals surface area contributed by atoms with Gasteiger partial charge in [-0.05, 0) is 25.5 Å². The number of hydrogen-bond acceptors (Lipinski definition) is 4. The summed E-state index contributed by atoms with van der Waals surface area (Å²) in [4.78, 5) is 14.2. The highest BCUT2D eigenvalue weighted by molar-refractivity contribution is 7.14. The summed E-state index contributed by atoms with van der Waals surface area (Å²) in [5, 5.41) is 4.04. The molecule has 2 rings (SSSR count). The van der Waals surface area contributed by atoms with Gasteiger partial charge >= 0.3 is 0 Å². The minimum atomic E-state index is -0.0388. The Bertz CT molecular complexity index is 550. The van der Waals surface area contributed by atoms with Crippen LogP contribution >= 0.6 is 11.3 Å². The van der Waals surface area contributed by atoms with Gasteiger partial charge < -0.3 is 4.74 Å². The van der Waals surface area contributed by atoms with Gasteiger partial charge in [-0.2, -0.15) is 5.10 Å². The lowest BCUT2D eigenvalue weighted by Crippen LogP contribution is -2.08. The molecule has 5 heteroatoms. The van der Waals surface area contributed by atoms with E-state index in [0.717, 1.165) is 15.3 Å². The van der Waals surface area contributed by atoms with Crippen molar-refractivity contribution < 1.29 is 9.53 Å². The Hall–Kier alpha value is -1.62. The van der Waals surface area contributed by atoms with Crippen LogP contribution in [0.4, 0.5) is 0 Å². The third-order valence-corrected chi connectivity index (χ3v) is 3.88. The molecule has 2 aromatic rings. The molecule has 0 aliphatic rings. The summed E-state index contributed by atoms with van der Waals surface area (Å²) in [6, 6.07) is 1.91. The third-order valence-electron chi connectivity index (χ3n) is 2.73. The minimum Gasteiger partial charge on any atom is -0.493 e. The summed E-state index contributed by atoms with van der Waals surface area (Å²) in [7, 11) is 3.28. The van der Waals surface area contributed by atoms with E-state index in [-0.39, 0.29) is 5.78 Å². The standard InChI is InChI=1S/C12H14N2O2S/c1-7-5-10(17-8(7)2)12(15)11-9(16-4)6-13-14(11)3/h5-6H,1-4H3. The third kappa shape index (κ3) is 1.98. The number of ketones is 1. The lowest BCUT2D eigenvalue weighted by molar-refractivity contribution is 0.103. The maximum Gasteiger partial charge on any atom is 0.224 e. The summed E-state index contributed by atoms with van der Waals surface area (Å²) in [6.07, 6.45) is 1.56. The van der Waals surface area contributed by atoms with Crippen molar-refractivity contribution in [3.63, 3.8) is 0 Å². The largest absolute Gasteiger partial charge is 0.493 e. The van der Waals surface area contributed by atoms with E-state index in [4.69, 9.17) is 4.74 Å². The van der Waals surface area contributed by atoms with Crippen molar-refractivity contribution in [2.75, 3.05) is 7.11 Å². The van der Waals surface area contributed by atoms with Crippen LogP contribution in [0.1, 0.15) is 25.8 Å². The maximum absolute atomic E-state index is 12.3. The zero-order valence-corrected chi connectivity index (χ0v) is 11.1. The second kappa shape index (κ2) is 4.33. The molecule has 0 bridgehead atoms. The fourth-order valence-electron chi connectivity index (χ4n) is 1.63. The molecule has 0 N–H and O–H groups in total. The van der Waals surface area contributed by atoms with Crippen molar-refractivity contribution in [2.45, 2.75) is 13.8 Å². The monoisotopic (exact) mass is 250 g/mol. The highest BCUT2D eigenvalue weighted by Crippen LogP contribution is 2.26. The first-order valence-electron chi connectivity index (χ1n) is 5.22. The molecular weight excluding hydrogens is 236 g/mol. The summed E-state index contributed by atoms with van der Waals surface area (Å²) in [5.74, 6) is 0.476. The summed E-state index contributed by atoms with van der Waals surface area (Å²) in [6.45, 7) is 4.01. The molecule has 0 fully saturated rings. The van der Waals surface area contributed by atoms with Crippen LogP contribution in [-0.4, -0.2) is 22.7 Å². The van der Waals surface area contributed by atoms with Gasteiger partial charge in [-0.1, -0.05) is 0 Å². The molecule has 0 aliphatic carbocycles. The van der Waals surface area contributed by atoms with Gasteiger partial charge in [-0.3, -0.25) is 9.48 Å². The molecule has 2 aromatic heterocycles. The molecule has 0 aliphatic heterocycles. The summed E-state index contributed by atoms with van der Waals surface area (Å²) < 4.78 is 6.69. The van der Waals surface area contributed by atoms with Gasteiger partial charge in [0.1, 0.15) is 0 Å². The normalized spacial score (nSPS) is 10.6. The first-order valence-corrected chi connectivity index (χ1v) is 6.04. The van der Waals surface area contributed by atoms with Crippen LogP contribution in [0.2, 0.25) is 0 Å². The van der Waals surface area contributed by atoms with Gasteiger partial charge in [0.2, 0.25) is 5.78 Å². The van der Waals surface area contributed by atoms with Crippen molar-refractivity contribution in [3.8, 4) is 5.75 Å². The smallest absolute Gasteiger partial charge is 0.224 e. The Kier molecular flexibility index (Phi) is 3.02. The maximum atomic E-state index is 12.3. The summed E-state index contributed by atoms with van der Waals surface area (Å²) >= 11 is 1.50. The van der Waals surface area contributed by atoms with E-state index < -0.39 is 0 Å². The van der Waals surface area contributed by atoms with Crippen molar-refractivity contribution in [2.24, 2.45) is 7.05 Å². The zero-order chi connectivity index (χ0) is 12.6. The Balaban J connectivity index is 2.46. The van der Waals surface area contributed by atoms with Crippen LogP contribution in [0.25, 0.3) is 0 Å². The van der Waals surface area contributed by atoms with Crippen molar-refractivity contribution in [3.05, 3.63) is 33.3 Å². The number of methoxy groups -OCH3 is 1. The number of carbonyl (C=O) groups excluding carboxylic acids is 1. The van der Waals surface area contributed by atoms with E-state index in [1.165, 1.54) is 11.3 Å². The molecule has 0 spiro atoms. The molecular formula is C12H14N2O2S. The fraction of sp³-hybridized carbons (Fsp3) is 0.333. The number of rotatable bonds is 3. The predicted octanol–water partition coefficient (Wildman–Crippen LogP) is 2.34. The first-order chi connectivity index (χ1) is 8.04. The number of ether oxygens (including phenoxy) is 1. The Labute approximate surface area is 104 Å².